The number of carbonyl (C=O) groups excluding carboxylic acids is 1. The van der Waals surface area contributed by atoms with Gasteiger partial charge in [-0.15, -0.1) is 0 Å². The standard InChI is InChI=1S/C12H13BrClNO/c13-10-3-4-11(14)9(7-10)8-12(16)15-5-1-2-6-15/h3-4,7H,1-2,5-6,8H2. The number of hydrogen-bond donors (Lipinski definition) is 0. The van der Waals surface area contributed by atoms with Gasteiger partial charge in [0.15, 0.2) is 0 Å². The lowest BCUT2D eigenvalue weighted by Crippen LogP contribution is -2.29. The number of hydrogen-bond acceptors (Lipinski definition) is 1. The summed E-state index contributed by atoms with van der Waals surface area (Å²) in [7, 11) is 0. The second-order valence-electron chi connectivity index (χ2n) is 4.00. The molecular formula is C12H13BrClNO. The average Bonchev–Trinajstić information content (AvgIpc) is 2.76. The maximum Gasteiger partial charge on any atom is 0.227 e. The Morgan fingerprint density at radius 1 is 1.38 bits per heavy atom. The van der Waals surface area contributed by atoms with Crippen LogP contribution in [-0.2, 0) is 11.2 Å². The molecule has 1 saturated heterocycles. The minimum absolute atomic E-state index is 0.178. The fourth-order valence-corrected chi connectivity index (χ4v) is 2.51. The highest BCUT2D eigenvalue weighted by Gasteiger charge is 2.18. The van der Waals surface area contributed by atoms with Gasteiger partial charge in [0, 0.05) is 22.6 Å². The number of nitrogens with zero attached hydrogens (tertiary/aromatic N) is 1. The van der Waals surface area contributed by atoms with E-state index in [1.807, 2.05) is 23.1 Å². The van der Waals surface area contributed by atoms with Crippen molar-refractivity contribution in [2.75, 3.05) is 13.1 Å². The number of carbonyl (C=O) groups is 1. The monoisotopic (exact) mass is 301 g/mol. The first-order valence-electron chi connectivity index (χ1n) is 5.38. The zero-order valence-corrected chi connectivity index (χ0v) is 11.2. The topological polar surface area (TPSA) is 20.3 Å². The summed E-state index contributed by atoms with van der Waals surface area (Å²) in [6, 6.07) is 5.61. The van der Waals surface area contributed by atoms with Crippen molar-refractivity contribution in [2.45, 2.75) is 19.3 Å². The highest BCUT2D eigenvalue weighted by Crippen LogP contribution is 2.22. The van der Waals surface area contributed by atoms with Crippen molar-refractivity contribution < 1.29 is 4.79 Å². The summed E-state index contributed by atoms with van der Waals surface area (Å²) in [4.78, 5) is 13.8. The first kappa shape index (κ1) is 11.9. The van der Waals surface area contributed by atoms with Crippen molar-refractivity contribution in [3.05, 3.63) is 33.3 Å². The van der Waals surface area contributed by atoms with Crippen LogP contribution in [0.4, 0.5) is 0 Å². The quantitative estimate of drug-likeness (QED) is 0.821. The van der Waals surface area contributed by atoms with E-state index in [4.69, 9.17) is 11.6 Å². The van der Waals surface area contributed by atoms with Gasteiger partial charge in [0.25, 0.3) is 0 Å². The molecule has 4 heteroatoms. The third kappa shape index (κ3) is 2.77. The van der Waals surface area contributed by atoms with Crippen LogP contribution in [0, 0.1) is 0 Å². The van der Waals surface area contributed by atoms with Gasteiger partial charge in [0.1, 0.15) is 0 Å². The highest BCUT2D eigenvalue weighted by molar-refractivity contribution is 9.10. The Balaban J connectivity index is 2.07. The van der Waals surface area contributed by atoms with Crippen LogP contribution in [0.5, 0.6) is 0 Å². The molecule has 0 saturated carbocycles. The summed E-state index contributed by atoms with van der Waals surface area (Å²) in [6.07, 6.45) is 2.65. The highest BCUT2D eigenvalue weighted by atomic mass is 79.9. The SMILES string of the molecule is O=C(Cc1cc(Br)ccc1Cl)N1CCCC1. The summed E-state index contributed by atoms with van der Waals surface area (Å²) in [5, 5.41) is 0.663. The normalized spacial score (nSPS) is 15.5. The molecule has 2 nitrogen and oxygen atoms in total. The molecule has 0 bridgehead atoms. The third-order valence-electron chi connectivity index (χ3n) is 2.81. The smallest absolute Gasteiger partial charge is 0.227 e. The van der Waals surface area contributed by atoms with E-state index in [2.05, 4.69) is 15.9 Å². The lowest BCUT2D eigenvalue weighted by Gasteiger charge is -2.15. The van der Waals surface area contributed by atoms with Crippen molar-refractivity contribution in [2.24, 2.45) is 0 Å². The molecular weight excluding hydrogens is 289 g/mol. The zero-order valence-electron chi connectivity index (χ0n) is 8.88. The first-order chi connectivity index (χ1) is 7.66. The molecule has 0 N–H and O–H groups in total. The summed E-state index contributed by atoms with van der Waals surface area (Å²) in [5.74, 6) is 0.178. The van der Waals surface area contributed by atoms with Crippen LogP contribution >= 0.6 is 27.5 Å². The van der Waals surface area contributed by atoms with Gasteiger partial charge < -0.3 is 4.90 Å². The van der Waals surface area contributed by atoms with Crippen molar-refractivity contribution in [3.63, 3.8) is 0 Å². The van der Waals surface area contributed by atoms with Crippen molar-refractivity contribution in [1.82, 2.24) is 4.90 Å². The van der Waals surface area contributed by atoms with Crippen molar-refractivity contribution in [1.29, 1.82) is 0 Å². The fourth-order valence-electron chi connectivity index (χ4n) is 1.92. The van der Waals surface area contributed by atoms with Crippen LogP contribution in [0.15, 0.2) is 22.7 Å². The molecule has 1 aliphatic heterocycles. The van der Waals surface area contributed by atoms with Gasteiger partial charge >= 0.3 is 0 Å². The summed E-state index contributed by atoms with van der Waals surface area (Å²) < 4.78 is 0.959. The Bertz CT molecular complexity index is 402. The van der Waals surface area contributed by atoms with E-state index in [1.165, 1.54) is 0 Å². The molecule has 1 aromatic rings. The van der Waals surface area contributed by atoms with Crippen LogP contribution in [0.3, 0.4) is 0 Å². The maximum absolute atomic E-state index is 11.9. The summed E-state index contributed by atoms with van der Waals surface area (Å²) >= 11 is 9.44. The Morgan fingerprint density at radius 3 is 2.75 bits per heavy atom. The lowest BCUT2D eigenvalue weighted by atomic mass is 10.1. The predicted octanol–water partition coefficient (Wildman–Crippen LogP) is 3.27. The lowest BCUT2D eigenvalue weighted by molar-refractivity contribution is -0.129. The summed E-state index contributed by atoms with van der Waals surface area (Å²) in [6.45, 7) is 1.79. The molecule has 1 amide bonds. The van der Waals surface area contributed by atoms with E-state index in [0.717, 1.165) is 36.0 Å². The maximum atomic E-state index is 11.9. The molecule has 0 radical (unpaired) electrons. The number of rotatable bonds is 2. The van der Waals surface area contributed by atoms with Gasteiger partial charge in [-0.2, -0.15) is 0 Å². The molecule has 16 heavy (non-hydrogen) atoms. The van der Waals surface area contributed by atoms with Gasteiger partial charge in [0.2, 0.25) is 5.91 Å². The Hall–Kier alpha value is -0.540. The number of benzene rings is 1. The molecule has 1 aromatic carbocycles. The van der Waals surface area contributed by atoms with E-state index in [-0.39, 0.29) is 5.91 Å². The molecule has 0 aromatic heterocycles. The molecule has 1 fully saturated rings. The van der Waals surface area contributed by atoms with Gasteiger partial charge in [-0.3, -0.25) is 4.79 Å². The van der Waals surface area contributed by atoms with E-state index in [9.17, 15) is 4.79 Å². The van der Waals surface area contributed by atoms with E-state index in [0.29, 0.717) is 11.4 Å². The molecule has 0 unspecified atom stereocenters. The van der Waals surface area contributed by atoms with Crippen LogP contribution in [0.2, 0.25) is 5.02 Å². The predicted molar refractivity (Wildman–Crippen MR) is 68.7 cm³/mol. The molecule has 0 spiro atoms. The van der Waals surface area contributed by atoms with Crippen LogP contribution in [0.25, 0.3) is 0 Å². The second-order valence-corrected chi connectivity index (χ2v) is 5.32. The first-order valence-corrected chi connectivity index (χ1v) is 6.55. The van der Waals surface area contributed by atoms with Crippen molar-refractivity contribution in [3.8, 4) is 0 Å². The molecule has 1 heterocycles. The molecule has 2 rings (SSSR count). The van der Waals surface area contributed by atoms with Gasteiger partial charge in [0.05, 0.1) is 6.42 Å². The van der Waals surface area contributed by atoms with E-state index < -0.39 is 0 Å². The molecule has 0 atom stereocenters. The minimum Gasteiger partial charge on any atom is -0.342 e. The van der Waals surface area contributed by atoms with Crippen LogP contribution < -0.4 is 0 Å². The van der Waals surface area contributed by atoms with Crippen LogP contribution in [0.1, 0.15) is 18.4 Å². The third-order valence-corrected chi connectivity index (χ3v) is 3.67. The van der Waals surface area contributed by atoms with Gasteiger partial charge in [-0.1, -0.05) is 27.5 Å². The largest absolute Gasteiger partial charge is 0.342 e. The summed E-state index contributed by atoms with van der Waals surface area (Å²) in [5.41, 5.74) is 0.896. The number of halogens is 2. The minimum atomic E-state index is 0.178. The Labute approximate surface area is 109 Å². The van der Waals surface area contributed by atoms with Crippen molar-refractivity contribution >= 4 is 33.4 Å². The second kappa shape index (κ2) is 5.19. The molecule has 86 valence electrons. The molecule has 0 aliphatic carbocycles. The van der Waals surface area contributed by atoms with E-state index in [1.54, 1.807) is 0 Å². The van der Waals surface area contributed by atoms with Crippen LogP contribution in [-0.4, -0.2) is 23.9 Å². The van der Waals surface area contributed by atoms with Gasteiger partial charge in [-0.25, -0.2) is 0 Å². The zero-order chi connectivity index (χ0) is 11.5. The fraction of sp³-hybridized carbons (Fsp3) is 0.417. The Kier molecular flexibility index (Phi) is 3.87. The average molecular weight is 303 g/mol. The van der Waals surface area contributed by atoms with E-state index >= 15 is 0 Å². The number of likely N-dealkylation sites (tertiary alicyclic amines) is 1. The van der Waals surface area contributed by atoms with Gasteiger partial charge in [-0.05, 0) is 36.6 Å². The molecule has 1 aliphatic rings. The Morgan fingerprint density at radius 2 is 2.06 bits per heavy atom. The number of amides is 1.